The molecule has 0 atom stereocenters. The van der Waals surface area contributed by atoms with E-state index < -0.39 is 5.97 Å². The van der Waals surface area contributed by atoms with Gasteiger partial charge in [0.15, 0.2) is 5.13 Å². The molecular weight excluding hydrogens is 318 g/mol. The number of nitrogens with one attached hydrogen (secondary N) is 1. The minimum atomic E-state index is -1.00. The number of aromatic carboxylic acids is 1. The van der Waals surface area contributed by atoms with Gasteiger partial charge in [-0.25, -0.2) is 9.78 Å². The molecule has 0 spiro atoms. The molecule has 1 aromatic heterocycles. The molecule has 5 nitrogen and oxygen atoms in total. The highest BCUT2D eigenvalue weighted by molar-refractivity contribution is 9.10. The Kier molecular flexibility index (Phi) is 3.60. The number of benzene rings is 1. The van der Waals surface area contributed by atoms with Gasteiger partial charge in [0.05, 0.1) is 23.5 Å². The second-order valence-corrected chi connectivity index (χ2v) is 5.15. The molecular formula is C11H6BrN3O2S. The topological polar surface area (TPSA) is 86.0 Å². The van der Waals surface area contributed by atoms with Gasteiger partial charge >= 0.3 is 5.97 Å². The van der Waals surface area contributed by atoms with Gasteiger partial charge in [-0.1, -0.05) is 11.3 Å². The van der Waals surface area contributed by atoms with Gasteiger partial charge in [-0.3, -0.25) is 0 Å². The van der Waals surface area contributed by atoms with Crippen LogP contribution >= 0.6 is 27.3 Å². The molecule has 0 aliphatic carbocycles. The Balaban J connectivity index is 2.23. The fourth-order valence-corrected chi connectivity index (χ4v) is 2.38. The fraction of sp³-hybridized carbons (Fsp3) is 0. The second kappa shape index (κ2) is 5.16. The molecule has 7 heteroatoms. The van der Waals surface area contributed by atoms with E-state index in [1.807, 2.05) is 6.07 Å². The molecule has 2 aromatic rings. The Hall–Kier alpha value is -1.91. The Labute approximate surface area is 115 Å². The lowest BCUT2D eigenvalue weighted by molar-refractivity contribution is 0.0702. The van der Waals surface area contributed by atoms with E-state index in [9.17, 15) is 4.79 Å². The number of nitriles is 1. The molecule has 18 heavy (non-hydrogen) atoms. The van der Waals surface area contributed by atoms with E-state index in [0.717, 1.165) is 17.0 Å². The van der Waals surface area contributed by atoms with E-state index in [1.54, 1.807) is 18.2 Å². The molecule has 2 rings (SSSR count). The van der Waals surface area contributed by atoms with Gasteiger partial charge in [-0.2, -0.15) is 5.26 Å². The SMILES string of the molecule is N#Cc1ccc(Nc2ncc(C(=O)O)s2)c(Br)c1. The highest BCUT2D eigenvalue weighted by Crippen LogP contribution is 2.28. The monoisotopic (exact) mass is 323 g/mol. The number of carbonyl (C=O) groups is 1. The maximum atomic E-state index is 10.7. The number of hydrogen-bond donors (Lipinski definition) is 2. The first-order valence-electron chi connectivity index (χ1n) is 4.76. The van der Waals surface area contributed by atoms with Crippen LogP contribution in [0.25, 0.3) is 0 Å². The number of carboxylic acid groups (broad SMARTS) is 1. The third-order valence-electron chi connectivity index (χ3n) is 2.06. The van der Waals surface area contributed by atoms with Gasteiger partial charge in [0.2, 0.25) is 0 Å². The van der Waals surface area contributed by atoms with Crippen LogP contribution < -0.4 is 5.32 Å². The van der Waals surface area contributed by atoms with Crippen molar-refractivity contribution >= 4 is 44.1 Å². The fourth-order valence-electron chi connectivity index (χ4n) is 1.23. The molecule has 0 saturated heterocycles. The number of nitrogens with zero attached hydrogens (tertiary/aromatic N) is 2. The highest BCUT2D eigenvalue weighted by Gasteiger charge is 2.09. The molecule has 0 amide bonds. The number of halogens is 1. The first-order chi connectivity index (χ1) is 8.60. The van der Waals surface area contributed by atoms with Gasteiger partial charge in [-0.15, -0.1) is 0 Å². The average Bonchev–Trinajstić information content (AvgIpc) is 2.80. The maximum Gasteiger partial charge on any atom is 0.347 e. The molecule has 0 fully saturated rings. The number of hydrogen-bond acceptors (Lipinski definition) is 5. The zero-order valence-corrected chi connectivity index (χ0v) is 11.2. The largest absolute Gasteiger partial charge is 0.477 e. The van der Waals surface area contributed by atoms with E-state index in [2.05, 4.69) is 26.2 Å². The molecule has 0 aliphatic rings. The van der Waals surface area contributed by atoms with E-state index in [1.165, 1.54) is 6.20 Å². The summed E-state index contributed by atoms with van der Waals surface area (Å²) >= 11 is 4.37. The summed E-state index contributed by atoms with van der Waals surface area (Å²) in [5, 5.41) is 21.0. The summed E-state index contributed by atoms with van der Waals surface area (Å²) in [5.41, 5.74) is 1.26. The van der Waals surface area contributed by atoms with Gasteiger partial charge in [0, 0.05) is 4.47 Å². The minimum Gasteiger partial charge on any atom is -0.477 e. The summed E-state index contributed by atoms with van der Waals surface area (Å²) in [6.07, 6.45) is 1.30. The Morgan fingerprint density at radius 1 is 1.56 bits per heavy atom. The standard InChI is InChI=1S/C11H6BrN3O2S/c12-7-3-6(4-13)1-2-8(7)15-11-14-5-9(18-11)10(16)17/h1-3,5H,(H,14,15)(H,16,17). The van der Waals surface area contributed by atoms with Crippen molar-refractivity contribution in [2.75, 3.05) is 5.32 Å². The van der Waals surface area contributed by atoms with Crippen LogP contribution in [0.5, 0.6) is 0 Å². The first-order valence-corrected chi connectivity index (χ1v) is 6.37. The van der Waals surface area contributed by atoms with Crippen molar-refractivity contribution in [3.63, 3.8) is 0 Å². The van der Waals surface area contributed by atoms with Crippen LogP contribution in [-0.2, 0) is 0 Å². The van der Waals surface area contributed by atoms with Crippen molar-refractivity contribution in [1.82, 2.24) is 4.98 Å². The number of carboxylic acids is 1. The lowest BCUT2D eigenvalue weighted by atomic mass is 10.2. The molecule has 1 aromatic carbocycles. The van der Waals surface area contributed by atoms with Gasteiger partial charge in [0.25, 0.3) is 0 Å². The van der Waals surface area contributed by atoms with Crippen LogP contribution in [0, 0.1) is 11.3 Å². The van der Waals surface area contributed by atoms with Crippen LogP contribution in [-0.4, -0.2) is 16.1 Å². The van der Waals surface area contributed by atoms with Crippen molar-refractivity contribution in [3.8, 4) is 6.07 Å². The van der Waals surface area contributed by atoms with Crippen LogP contribution in [0.1, 0.15) is 15.2 Å². The number of thiazole rings is 1. The molecule has 2 N–H and O–H groups in total. The molecule has 1 heterocycles. The molecule has 0 aliphatic heterocycles. The third kappa shape index (κ3) is 2.67. The predicted octanol–water partition coefficient (Wildman–Crippen LogP) is 3.22. The lowest BCUT2D eigenvalue weighted by Gasteiger charge is -2.05. The summed E-state index contributed by atoms with van der Waals surface area (Å²) in [4.78, 5) is 14.8. The smallest absolute Gasteiger partial charge is 0.347 e. The summed E-state index contributed by atoms with van der Waals surface area (Å²) in [5.74, 6) is -1.00. The lowest BCUT2D eigenvalue weighted by Crippen LogP contribution is -1.91. The molecule has 0 unspecified atom stereocenters. The zero-order chi connectivity index (χ0) is 13.1. The second-order valence-electron chi connectivity index (χ2n) is 3.27. The number of anilines is 2. The normalized spacial score (nSPS) is 9.78. The quantitative estimate of drug-likeness (QED) is 0.905. The van der Waals surface area contributed by atoms with E-state index in [0.29, 0.717) is 15.2 Å². The Bertz CT molecular complexity index is 648. The summed E-state index contributed by atoms with van der Waals surface area (Å²) in [7, 11) is 0. The first kappa shape index (κ1) is 12.5. The van der Waals surface area contributed by atoms with Crippen molar-refractivity contribution in [2.24, 2.45) is 0 Å². The molecule has 0 radical (unpaired) electrons. The highest BCUT2D eigenvalue weighted by atomic mass is 79.9. The summed E-state index contributed by atoms with van der Waals surface area (Å²) < 4.78 is 0.716. The van der Waals surface area contributed by atoms with Crippen LogP contribution in [0.3, 0.4) is 0 Å². The van der Waals surface area contributed by atoms with Gasteiger partial charge in [-0.05, 0) is 34.1 Å². The van der Waals surface area contributed by atoms with Gasteiger partial charge in [0.1, 0.15) is 4.88 Å². The predicted molar refractivity (Wildman–Crippen MR) is 71.2 cm³/mol. The van der Waals surface area contributed by atoms with E-state index >= 15 is 0 Å². The maximum absolute atomic E-state index is 10.7. The molecule has 0 bridgehead atoms. The van der Waals surface area contributed by atoms with Crippen LogP contribution in [0.15, 0.2) is 28.9 Å². The van der Waals surface area contributed by atoms with Crippen molar-refractivity contribution in [1.29, 1.82) is 5.26 Å². The minimum absolute atomic E-state index is 0.169. The van der Waals surface area contributed by atoms with Crippen molar-refractivity contribution in [2.45, 2.75) is 0 Å². The molecule has 0 saturated carbocycles. The van der Waals surface area contributed by atoms with Crippen molar-refractivity contribution in [3.05, 3.63) is 39.3 Å². The van der Waals surface area contributed by atoms with Crippen molar-refractivity contribution < 1.29 is 9.90 Å². The number of aromatic nitrogens is 1. The van der Waals surface area contributed by atoms with E-state index in [4.69, 9.17) is 10.4 Å². The summed E-state index contributed by atoms with van der Waals surface area (Å²) in [6.45, 7) is 0. The Morgan fingerprint density at radius 2 is 2.33 bits per heavy atom. The number of rotatable bonds is 3. The Morgan fingerprint density at radius 3 is 2.89 bits per heavy atom. The van der Waals surface area contributed by atoms with Crippen LogP contribution in [0.2, 0.25) is 0 Å². The van der Waals surface area contributed by atoms with Gasteiger partial charge < -0.3 is 10.4 Å². The third-order valence-corrected chi connectivity index (χ3v) is 3.61. The average molecular weight is 324 g/mol. The summed E-state index contributed by atoms with van der Waals surface area (Å²) in [6, 6.07) is 7.10. The van der Waals surface area contributed by atoms with E-state index in [-0.39, 0.29) is 4.88 Å². The zero-order valence-electron chi connectivity index (χ0n) is 8.85. The molecule has 90 valence electrons. The van der Waals surface area contributed by atoms with Crippen LogP contribution in [0.4, 0.5) is 10.8 Å².